The topological polar surface area (TPSA) is 75.1 Å². The second-order valence-corrected chi connectivity index (χ2v) is 9.40. The third-order valence-electron chi connectivity index (χ3n) is 6.68. The number of nitrogens with zero attached hydrogens (tertiary/aromatic N) is 4. The molecule has 1 saturated heterocycles. The minimum Gasteiger partial charge on any atom is -0.352 e. The number of carbonyl (C=O) groups is 1. The van der Waals surface area contributed by atoms with Crippen LogP contribution in [0.3, 0.4) is 0 Å². The van der Waals surface area contributed by atoms with Gasteiger partial charge in [-0.15, -0.1) is 0 Å². The second-order valence-electron chi connectivity index (χ2n) is 9.01. The molecule has 1 fully saturated rings. The number of rotatable bonds is 9. The Morgan fingerprint density at radius 1 is 1.00 bits per heavy atom. The first-order chi connectivity index (χ1) is 18.1. The smallest absolute Gasteiger partial charge is 0.226 e. The number of aryl methyl sites for hydroxylation is 1. The maximum atomic E-state index is 13.0. The van der Waals surface area contributed by atoms with Gasteiger partial charge in [0.2, 0.25) is 5.91 Å². The van der Waals surface area contributed by atoms with Crippen LogP contribution in [0.2, 0.25) is 0 Å². The van der Waals surface area contributed by atoms with Gasteiger partial charge in [0.05, 0.1) is 30.0 Å². The Kier molecular flexibility index (Phi) is 7.56. The van der Waals surface area contributed by atoms with Crippen LogP contribution in [-0.2, 0) is 17.8 Å². The van der Waals surface area contributed by atoms with Crippen LogP contribution in [-0.4, -0.2) is 37.0 Å². The van der Waals surface area contributed by atoms with E-state index in [2.05, 4.69) is 49.3 Å². The lowest BCUT2D eigenvalue weighted by atomic mass is 10.0. The molecule has 0 aliphatic carbocycles. The minimum atomic E-state index is -0.144. The highest BCUT2D eigenvalue weighted by atomic mass is 32.1. The predicted octanol–water partition coefficient (Wildman–Crippen LogP) is 4.89. The van der Waals surface area contributed by atoms with Gasteiger partial charge in [-0.3, -0.25) is 14.8 Å². The van der Waals surface area contributed by atoms with E-state index in [1.54, 1.807) is 6.20 Å². The molecule has 4 aromatic rings. The summed E-state index contributed by atoms with van der Waals surface area (Å²) in [6.45, 7) is 3.21. The number of nitrogens with one attached hydrogen (secondary N) is 2. The van der Waals surface area contributed by atoms with Gasteiger partial charge in [-0.25, -0.2) is 0 Å². The zero-order valence-electron chi connectivity index (χ0n) is 20.7. The van der Waals surface area contributed by atoms with Crippen molar-refractivity contribution < 1.29 is 4.79 Å². The summed E-state index contributed by atoms with van der Waals surface area (Å²) in [5.41, 5.74) is 4.96. The molecule has 0 radical (unpaired) electrons. The first kappa shape index (κ1) is 24.6. The Morgan fingerprint density at radius 2 is 1.78 bits per heavy atom. The fourth-order valence-corrected chi connectivity index (χ4v) is 5.19. The van der Waals surface area contributed by atoms with Crippen molar-refractivity contribution in [1.82, 2.24) is 24.8 Å². The van der Waals surface area contributed by atoms with Crippen molar-refractivity contribution in [2.75, 3.05) is 11.9 Å². The van der Waals surface area contributed by atoms with Crippen LogP contribution in [0.5, 0.6) is 0 Å². The number of anilines is 1. The first-order valence-corrected chi connectivity index (χ1v) is 13.0. The standard InChI is InChI=1S/C29H30N6OS/c1-2-21-10-3-4-12-23(21)32-26(36)15-19-35-28(27(33-29(35)37)24-13-6-8-17-31-24)25-14-9-18-34(25)20-22-11-5-7-16-30-22/h3-14,16-18,27-28H,2,15,19-20H2,1H3,(H,32,36)(H,33,37). The SMILES string of the molecule is CCc1ccccc1NC(=O)CCN1C(=S)NC(c2ccccn2)C1c1cccn1Cc1ccccn1. The van der Waals surface area contributed by atoms with Crippen molar-refractivity contribution >= 4 is 28.9 Å². The van der Waals surface area contributed by atoms with Gasteiger partial charge in [0.1, 0.15) is 0 Å². The molecule has 8 heteroatoms. The molecule has 1 aliphatic heterocycles. The molecule has 2 unspecified atom stereocenters. The number of carbonyl (C=O) groups excluding carboxylic acids is 1. The van der Waals surface area contributed by atoms with Crippen molar-refractivity contribution in [3.8, 4) is 0 Å². The van der Waals surface area contributed by atoms with Gasteiger partial charge in [-0.1, -0.05) is 37.3 Å². The molecule has 7 nitrogen and oxygen atoms in total. The highest BCUT2D eigenvalue weighted by molar-refractivity contribution is 7.80. The summed E-state index contributed by atoms with van der Waals surface area (Å²) < 4.78 is 2.20. The van der Waals surface area contributed by atoms with E-state index in [1.165, 1.54) is 0 Å². The Labute approximate surface area is 222 Å². The van der Waals surface area contributed by atoms with Crippen molar-refractivity contribution in [3.63, 3.8) is 0 Å². The third-order valence-corrected chi connectivity index (χ3v) is 7.03. The number of thiocarbonyl (C=S) groups is 1. The van der Waals surface area contributed by atoms with Gasteiger partial charge in [-0.05, 0) is 66.7 Å². The number of hydrogen-bond acceptors (Lipinski definition) is 4. The van der Waals surface area contributed by atoms with Crippen LogP contribution < -0.4 is 10.6 Å². The average Bonchev–Trinajstić information content (AvgIpc) is 3.52. The van der Waals surface area contributed by atoms with Gasteiger partial charge >= 0.3 is 0 Å². The molecule has 4 heterocycles. The zero-order chi connectivity index (χ0) is 25.6. The molecule has 188 valence electrons. The van der Waals surface area contributed by atoms with Crippen molar-refractivity contribution in [2.24, 2.45) is 0 Å². The molecule has 0 bridgehead atoms. The third kappa shape index (κ3) is 5.54. The van der Waals surface area contributed by atoms with E-state index in [0.717, 1.165) is 34.8 Å². The van der Waals surface area contributed by atoms with Gasteiger partial charge in [-0.2, -0.15) is 0 Å². The van der Waals surface area contributed by atoms with Crippen LogP contribution in [0, 0.1) is 0 Å². The Bertz CT molecular complexity index is 1360. The molecule has 3 aromatic heterocycles. The lowest BCUT2D eigenvalue weighted by Crippen LogP contribution is -2.33. The Hall–Kier alpha value is -4.04. The van der Waals surface area contributed by atoms with Crippen molar-refractivity contribution in [1.29, 1.82) is 0 Å². The van der Waals surface area contributed by atoms with Gasteiger partial charge in [0, 0.05) is 42.9 Å². The summed E-state index contributed by atoms with van der Waals surface area (Å²) in [6.07, 6.45) is 6.84. The van der Waals surface area contributed by atoms with E-state index in [1.807, 2.05) is 72.9 Å². The van der Waals surface area contributed by atoms with E-state index in [9.17, 15) is 4.79 Å². The van der Waals surface area contributed by atoms with Crippen molar-refractivity contribution in [3.05, 3.63) is 114 Å². The normalized spacial score (nSPS) is 17.0. The summed E-state index contributed by atoms with van der Waals surface area (Å²) >= 11 is 5.80. The highest BCUT2D eigenvalue weighted by Gasteiger charge is 2.41. The van der Waals surface area contributed by atoms with Crippen LogP contribution in [0.4, 0.5) is 5.69 Å². The number of aromatic nitrogens is 3. The van der Waals surface area contributed by atoms with Crippen molar-refractivity contribution in [2.45, 2.75) is 38.4 Å². The Morgan fingerprint density at radius 3 is 2.54 bits per heavy atom. The summed E-state index contributed by atoms with van der Waals surface area (Å²) in [4.78, 5) is 24.2. The monoisotopic (exact) mass is 510 g/mol. The molecular formula is C29H30N6OS. The molecule has 5 rings (SSSR count). The molecule has 2 atom stereocenters. The number of pyridine rings is 2. The van der Waals surface area contributed by atoms with E-state index in [0.29, 0.717) is 24.6 Å². The quantitative estimate of drug-likeness (QED) is 0.312. The molecule has 0 saturated carbocycles. The Balaban J connectivity index is 1.40. The fourth-order valence-electron chi connectivity index (χ4n) is 4.86. The first-order valence-electron chi connectivity index (χ1n) is 12.5. The molecule has 1 amide bonds. The van der Waals surface area contributed by atoms with E-state index >= 15 is 0 Å². The lowest BCUT2D eigenvalue weighted by molar-refractivity contribution is -0.116. The number of hydrogen-bond donors (Lipinski definition) is 2. The summed E-state index contributed by atoms with van der Waals surface area (Å²) in [7, 11) is 0. The van der Waals surface area contributed by atoms with Crippen LogP contribution in [0.1, 0.15) is 48.1 Å². The maximum Gasteiger partial charge on any atom is 0.226 e. The molecule has 1 aromatic carbocycles. The minimum absolute atomic E-state index is 0.0346. The second kappa shape index (κ2) is 11.3. The molecule has 37 heavy (non-hydrogen) atoms. The van der Waals surface area contributed by atoms with E-state index < -0.39 is 0 Å². The molecule has 1 aliphatic rings. The van der Waals surface area contributed by atoms with Crippen LogP contribution in [0.25, 0.3) is 0 Å². The molecule has 2 N–H and O–H groups in total. The summed E-state index contributed by atoms with van der Waals surface area (Å²) in [5, 5.41) is 7.18. The average molecular weight is 511 g/mol. The highest BCUT2D eigenvalue weighted by Crippen LogP contribution is 2.39. The number of amides is 1. The lowest BCUT2D eigenvalue weighted by Gasteiger charge is -2.28. The molecular weight excluding hydrogens is 480 g/mol. The fraction of sp³-hybridized carbons (Fsp3) is 0.241. The van der Waals surface area contributed by atoms with Crippen LogP contribution >= 0.6 is 12.2 Å². The van der Waals surface area contributed by atoms with Crippen LogP contribution in [0.15, 0.2) is 91.4 Å². The molecule has 0 spiro atoms. The van der Waals surface area contributed by atoms with Gasteiger partial charge in [0.25, 0.3) is 0 Å². The number of benzene rings is 1. The maximum absolute atomic E-state index is 13.0. The number of para-hydroxylation sites is 1. The van der Waals surface area contributed by atoms with Gasteiger partial charge in [0.15, 0.2) is 5.11 Å². The van der Waals surface area contributed by atoms with E-state index in [-0.39, 0.29) is 18.0 Å². The van der Waals surface area contributed by atoms with Gasteiger partial charge < -0.3 is 20.1 Å². The largest absolute Gasteiger partial charge is 0.352 e. The van der Waals surface area contributed by atoms with E-state index in [4.69, 9.17) is 12.2 Å². The summed E-state index contributed by atoms with van der Waals surface area (Å²) in [5.74, 6) is -0.0346. The summed E-state index contributed by atoms with van der Waals surface area (Å²) in [6, 6.07) is 23.6. The zero-order valence-corrected chi connectivity index (χ0v) is 21.6. The predicted molar refractivity (Wildman–Crippen MR) is 149 cm³/mol.